The molecule has 0 bridgehead atoms. The highest BCUT2D eigenvalue weighted by Gasteiger charge is 2.43. The Bertz CT molecular complexity index is 569. The molecule has 1 saturated carbocycles. The van der Waals surface area contributed by atoms with E-state index in [4.69, 9.17) is 14.2 Å². The fourth-order valence-corrected chi connectivity index (χ4v) is 5.26. The average molecular weight is 469 g/mol. The number of esters is 1. The van der Waals surface area contributed by atoms with Gasteiger partial charge in [-0.15, -0.1) is 0 Å². The topological polar surface area (TPSA) is 85.2 Å². The molecule has 2 aliphatic rings. The van der Waals surface area contributed by atoms with Crippen LogP contribution in [0.15, 0.2) is 12.2 Å². The molecule has 0 spiro atoms. The van der Waals surface area contributed by atoms with E-state index >= 15 is 0 Å². The number of aliphatic hydroxyl groups is 2. The molecule has 6 heteroatoms. The zero-order valence-electron chi connectivity index (χ0n) is 21.2. The minimum atomic E-state index is -0.509. The molecule has 33 heavy (non-hydrogen) atoms. The molecular formula is C27H48O6. The lowest BCUT2D eigenvalue weighted by molar-refractivity contribution is -0.171. The summed E-state index contributed by atoms with van der Waals surface area (Å²) in [7, 11) is 0. The number of allylic oxidation sites excluding steroid dienone is 2. The van der Waals surface area contributed by atoms with Gasteiger partial charge in [-0.05, 0) is 64.2 Å². The molecule has 192 valence electrons. The van der Waals surface area contributed by atoms with Gasteiger partial charge < -0.3 is 24.4 Å². The Kier molecular flexibility index (Phi) is 13.0. The molecule has 0 radical (unpaired) electrons. The van der Waals surface area contributed by atoms with Gasteiger partial charge in [-0.25, -0.2) is 0 Å². The molecular weight excluding hydrogens is 420 g/mol. The van der Waals surface area contributed by atoms with Gasteiger partial charge in [0.05, 0.1) is 31.5 Å². The zero-order valence-corrected chi connectivity index (χ0v) is 21.2. The first kappa shape index (κ1) is 28.3. The SMILES string of the molecule is CCCCCCCC1(CC[C@@H]2[C@@H](CC=CCCCC(=O)OC(C)C)[C@@H](O)C[C@H]2O)OCCO1. The van der Waals surface area contributed by atoms with E-state index in [1.165, 1.54) is 25.7 Å². The van der Waals surface area contributed by atoms with Crippen LogP contribution in [0.2, 0.25) is 0 Å². The fourth-order valence-electron chi connectivity index (χ4n) is 5.26. The molecule has 4 atom stereocenters. The highest BCUT2D eigenvalue weighted by Crippen LogP contribution is 2.41. The molecule has 2 fully saturated rings. The molecule has 2 rings (SSSR count). The number of unbranched alkanes of at least 4 members (excludes halogenated alkanes) is 5. The standard InChI is InChI=1S/C27H48O6/c1-4-5-6-9-12-16-27(31-18-19-32-27)17-15-23-22(24(28)20-25(23)29)13-10-7-8-11-14-26(30)33-21(2)3/h7,10,21-25,28-29H,4-6,8-9,11-20H2,1-3H3/t22-,23-,24+,25-/m1/s1. The molecule has 1 saturated heterocycles. The quantitative estimate of drug-likeness (QED) is 0.182. The second kappa shape index (κ2) is 15.1. The zero-order chi connectivity index (χ0) is 24.1. The van der Waals surface area contributed by atoms with Gasteiger partial charge in [0.1, 0.15) is 0 Å². The molecule has 1 aliphatic heterocycles. The van der Waals surface area contributed by atoms with Crippen molar-refractivity contribution < 1.29 is 29.2 Å². The van der Waals surface area contributed by atoms with E-state index in [-0.39, 0.29) is 23.9 Å². The van der Waals surface area contributed by atoms with Crippen LogP contribution in [0, 0.1) is 11.8 Å². The molecule has 0 amide bonds. The monoisotopic (exact) mass is 468 g/mol. The third kappa shape index (κ3) is 10.1. The van der Waals surface area contributed by atoms with Crippen LogP contribution in [0.5, 0.6) is 0 Å². The van der Waals surface area contributed by atoms with E-state index in [0.717, 1.165) is 44.9 Å². The Labute approximate surface area is 201 Å². The van der Waals surface area contributed by atoms with E-state index in [1.54, 1.807) is 0 Å². The molecule has 6 nitrogen and oxygen atoms in total. The van der Waals surface area contributed by atoms with Crippen molar-refractivity contribution in [3.05, 3.63) is 12.2 Å². The van der Waals surface area contributed by atoms with Gasteiger partial charge in [-0.1, -0.05) is 44.8 Å². The summed E-state index contributed by atoms with van der Waals surface area (Å²) in [6, 6.07) is 0. The van der Waals surface area contributed by atoms with Crippen LogP contribution in [0.1, 0.15) is 104 Å². The first-order valence-electron chi connectivity index (χ1n) is 13.4. The van der Waals surface area contributed by atoms with E-state index < -0.39 is 18.0 Å². The lowest BCUT2D eigenvalue weighted by Crippen LogP contribution is -2.33. The number of carbonyl (C=O) groups is 1. The van der Waals surface area contributed by atoms with Crippen molar-refractivity contribution in [2.45, 2.75) is 128 Å². The van der Waals surface area contributed by atoms with E-state index in [2.05, 4.69) is 19.1 Å². The molecule has 2 N–H and O–H groups in total. The van der Waals surface area contributed by atoms with E-state index in [9.17, 15) is 15.0 Å². The predicted octanol–water partition coefficient (Wildman–Crippen LogP) is 5.30. The summed E-state index contributed by atoms with van der Waals surface area (Å²) >= 11 is 0. The first-order chi connectivity index (χ1) is 15.9. The third-order valence-electron chi connectivity index (χ3n) is 7.05. The Hall–Kier alpha value is -0.950. The van der Waals surface area contributed by atoms with Crippen LogP contribution in [0.25, 0.3) is 0 Å². The highest BCUT2D eigenvalue weighted by atomic mass is 16.7. The summed E-state index contributed by atoms with van der Waals surface area (Å²) in [5.41, 5.74) is 0. The van der Waals surface area contributed by atoms with Crippen molar-refractivity contribution in [1.82, 2.24) is 0 Å². The van der Waals surface area contributed by atoms with Crippen molar-refractivity contribution in [2.75, 3.05) is 13.2 Å². The number of hydrogen-bond acceptors (Lipinski definition) is 6. The summed E-state index contributed by atoms with van der Waals surface area (Å²) in [6.07, 6.45) is 14.9. The summed E-state index contributed by atoms with van der Waals surface area (Å²) in [5.74, 6) is -0.561. The lowest BCUT2D eigenvalue weighted by Gasteiger charge is -2.31. The number of carbonyl (C=O) groups excluding carboxylic acids is 1. The molecule has 1 heterocycles. The Balaban J connectivity index is 1.78. The van der Waals surface area contributed by atoms with Crippen molar-refractivity contribution in [3.63, 3.8) is 0 Å². The number of rotatable bonds is 16. The van der Waals surface area contributed by atoms with Crippen molar-refractivity contribution >= 4 is 5.97 Å². The van der Waals surface area contributed by atoms with E-state index in [1.807, 2.05) is 13.8 Å². The van der Waals surface area contributed by atoms with E-state index in [0.29, 0.717) is 26.1 Å². The van der Waals surface area contributed by atoms with Crippen LogP contribution < -0.4 is 0 Å². The van der Waals surface area contributed by atoms with Gasteiger partial charge in [0.15, 0.2) is 5.79 Å². The van der Waals surface area contributed by atoms with Crippen LogP contribution in [-0.4, -0.2) is 53.5 Å². The second-order valence-corrected chi connectivity index (χ2v) is 10.1. The third-order valence-corrected chi connectivity index (χ3v) is 7.05. The Morgan fingerprint density at radius 2 is 1.70 bits per heavy atom. The molecule has 0 aromatic carbocycles. The fraction of sp³-hybridized carbons (Fsp3) is 0.889. The maximum atomic E-state index is 11.6. The smallest absolute Gasteiger partial charge is 0.306 e. The highest BCUT2D eigenvalue weighted by molar-refractivity contribution is 5.69. The van der Waals surface area contributed by atoms with Gasteiger partial charge in [-0.3, -0.25) is 4.79 Å². The average Bonchev–Trinajstić information content (AvgIpc) is 3.33. The molecule has 0 aromatic heterocycles. The number of hydrogen-bond donors (Lipinski definition) is 2. The summed E-state index contributed by atoms with van der Waals surface area (Å²) < 4.78 is 17.3. The van der Waals surface area contributed by atoms with Crippen LogP contribution in [0.3, 0.4) is 0 Å². The minimum absolute atomic E-state index is 0.0464. The van der Waals surface area contributed by atoms with Gasteiger partial charge in [0.25, 0.3) is 0 Å². The predicted molar refractivity (Wildman–Crippen MR) is 130 cm³/mol. The number of ether oxygens (including phenoxy) is 3. The van der Waals surface area contributed by atoms with Crippen LogP contribution >= 0.6 is 0 Å². The summed E-state index contributed by atoms with van der Waals surface area (Å²) in [4.78, 5) is 11.6. The van der Waals surface area contributed by atoms with Crippen molar-refractivity contribution in [3.8, 4) is 0 Å². The van der Waals surface area contributed by atoms with Gasteiger partial charge in [0.2, 0.25) is 0 Å². The maximum absolute atomic E-state index is 11.6. The maximum Gasteiger partial charge on any atom is 0.306 e. The minimum Gasteiger partial charge on any atom is -0.463 e. The summed E-state index contributed by atoms with van der Waals surface area (Å²) in [5, 5.41) is 21.2. The molecule has 0 unspecified atom stereocenters. The summed E-state index contributed by atoms with van der Waals surface area (Å²) in [6.45, 7) is 7.22. The van der Waals surface area contributed by atoms with Gasteiger partial charge in [0, 0.05) is 19.3 Å². The normalized spacial score (nSPS) is 27.1. The second-order valence-electron chi connectivity index (χ2n) is 10.1. The molecule has 1 aliphatic carbocycles. The first-order valence-corrected chi connectivity index (χ1v) is 13.4. The van der Waals surface area contributed by atoms with Gasteiger partial charge in [-0.2, -0.15) is 0 Å². The molecule has 0 aromatic rings. The van der Waals surface area contributed by atoms with Crippen molar-refractivity contribution in [1.29, 1.82) is 0 Å². The lowest BCUT2D eigenvalue weighted by atomic mass is 9.85. The Morgan fingerprint density at radius 1 is 1.00 bits per heavy atom. The van der Waals surface area contributed by atoms with Crippen molar-refractivity contribution in [2.24, 2.45) is 11.8 Å². The van der Waals surface area contributed by atoms with Crippen LogP contribution in [-0.2, 0) is 19.0 Å². The van der Waals surface area contributed by atoms with Gasteiger partial charge >= 0.3 is 5.97 Å². The largest absolute Gasteiger partial charge is 0.463 e. The van der Waals surface area contributed by atoms with Crippen LogP contribution in [0.4, 0.5) is 0 Å². The Morgan fingerprint density at radius 3 is 2.39 bits per heavy atom. The number of aliphatic hydroxyl groups excluding tert-OH is 2.